The summed E-state index contributed by atoms with van der Waals surface area (Å²) in [6.45, 7) is 2.15. The molecule has 0 aliphatic carbocycles. The average molecular weight is 328 g/mol. The lowest BCUT2D eigenvalue weighted by molar-refractivity contribution is -0.125. The molecule has 1 N–H and O–H groups in total. The standard InChI is InChI=1S/C18H24N4O2/c1-21-12-16(24-2)9-17(21)18(23)20-10-14-3-5-15(6-4-14)11-22-8-7-19-13-22/h3-8,13,16-17H,9-12H2,1-2H3,(H,20,23)/t16-,17-/m0/s1. The molecule has 0 bridgehead atoms. The fraction of sp³-hybridized carbons (Fsp3) is 0.444. The van der Waals surface area contributed by atoms with Gasteiger partial charge in [-0.2, -0.15) is 0 Å². The minimum Gasteiger partial charge on any atom is -0.380 e. The first kappa shape index (κ1) is 16.7. The Labute approximate surface area is 142 Å². The second-order valence-corrected chi connectivity index (χ2v) is 6.32. The molecule has 1 fully saturated rings. The third-order valence-electron chi connectivity index (χ3n) is 4.56. The first-order valence-corrected chi connectivity index (χ1v) is 8.20. The number of ether oxygens (including phenoxy) is 1. The SMILES string of the molecule is CO[C@H]1C[C@@H](C(=O)NCc2ccc(Cn3ccnc3)cc2)N(C)C1. The van der Waals surface area contributed by atoms with Gasteiger partial charge in [0, 0.05) is 39.1 Å². The maximum atomic E-state index is 12.4. The molecule has 128 valence electrons. The van der Waals surface area contributed by atoms with Gasteiger partial charge in [0.25, 0.3) is 0 Å². The molecule has 1 aromatic heterocycles. The summed E-state index contributed by atoms with van der Waals surface area (Å²) in [6, 6.07) is 8.19. The van der Waals surface area contributed by atoms with Crippen molar-refractivity contribution in [1.82, 2.24) is 19.8 Å². The number of nitrogens with zero attached hydrogens (tertiary/aromatic N) is 3. The molecular weight excluding hydrogens is 304 g/mol. The van der Waals surface area contributed by atoms with Crippen LogP contribution in [0.15, 0.2) is 43.0 Å². The zero-order valence-electron chi connectivity index (χ0n) is 14.2. The van der Waals surface area contributed by atoms with Crippen LogP contribution in [-0.4, -0.2) is 53.2 Å². The van der Waals surface area contributed by atoms with E-state index in [4.69, 9.17) is 4.74 Å². The van der Waals surface area contributed by atoms with Gasteiger partial charge in [0.2, 0.25) is 5.91 Å². The second kappa shape index (κ2) is 7.59. The normalized spacial score (nSPS) is 21.1. The molecule has 2 heterocycles. The van der Waals surface area contributed by atoms with Gasteiger partial charge in [-0.15, -0.1) is 0 Å². The Morgan fingerprint density at radius 3 is 2.71 bits per heavy atom. The topological polar surface area (TPSA) is 59.4 Å². The summed E-state index contributed by atoms with van der Waals surface area (Å²) >= 11 is 0. The zero-order chi connectivity index (χ0) is 16.9. The Morgan fingerprint density at radius 2 is 2.08 bits per heavy atom. The van der Waals surface area contributed by atoms with Gasteiger partial charge in [0.05, 0.1) is 18.5 Å². The van der Waals surface area contributed by atoms with Crippen LogP contribution in [0, 0.1) is 0 Å². The highest BCUT2D eigenvalue weighted by molar-refractivity contribution is 5.82. The number of amides is 1. The Kier molecular flexibility index (Phi) is 5.27. The number of nitrogens with one attached hydrogen (secondary N) is 1. The lowest BCUT2D eigenvalue weighted by Crippen LogP contribution is -2.41. The van der Waals surface area contributed by atoms with Gasteiger partial charge in [-0.3, -0.25) is 9.69 Å². The van der Waals surface area contributed by atoms with E-state index in [1.165, 1.54) is 5.56 Å². The van der Waals surface area contributed by atoms with Gasteiger partial charge in [-0.25, -0.2) is 4.98 Å². The van der Waals surface area contributed by atoms with Gasteiger partial charge in [-0.1, -0.05) is 24.3 Å². The van der Waals surface area contributed by atoms with Crippen molar-refractivity contribution in [3.8, 4) is 0 Å². The number of benzene rings is 1. The molecule has 1 aliphatic rings. The molecule has 1 saturated heterocycles. The van der Waals surface area contributed by atoms with E-state index in [1.54, 1.807) is 19.6 Å². The van der Waals surface area contributed by atoms with E-state index in [-0.39, 0.29) is 18.1 Å². The summed E-state index contributed by atoms with van der Waals surface area (Å²) in [4.78, 5) is 18.4. The summed E-state index contributed by atoms with van der Waals surface area (Å²) in [5, 5.41) is 3.03. The van der Waals surface area contributed by atoms with Crippen LogP contribution in [0.25, 0.3) is 0 Å². The molecule has 0 spiro atoms. The highest BCUT2D eigenvalue weighted by Gasteiger charge is 2.34. The largest absolute Gasteiger partial charge is 0.380 e. The van der Waals surface area contributed by atoms with Crippen molar-refractivity contribution in [2.24, 2.45) is 0 Å². The molecule has 0 radical (unpaired) electrons. The van der Waals surface area contributed by atoms with Crippen LogP contribution < -0.4 is 5.32 Å². The Morgan fingerprint density at radius 1 is 1.33 bits per heavy atom. The van der Waals surface area contributed by atoms with Crippen LogP contribution in [0.3, 0.4) is 0 Å². The van der Waals surface area contributed by atoms with Gasteiger partial charge < -0.3 is 14.6 Å². The van der Waals surface area contributed by atoms with Crippen LogP contribution in [0.5, 0.6) is 0 Å². The molecular formula is C18H24N4O2. The van der Waals surface area contributed by atoms with Crippen molar-refractivity contribution in [2.75, 3.05) is 20.7 Å². The molecule has 0 saturated carbocycles. The average Bonchev–Trinajstić information content (AvgIpc) is 3.23. The molecule has 3 rings (SSSR count). The summed E-state index contributed by atoms with van der Waals surface area (Å²) in [5.41, 5.74) is 2.31. The number of imidazole rings is 1. The Hall–Kier alpha value is -2.18. The van der Waals surface area contributed by atoms with Crippen molar-refractivity contribution in [3.05, 3.63) is 54.1 Å². The first-order valence-electron chi connectivity index (χ1n) is 8.20. The molecule has 1 aromatic carbocycles. The van der Waals surface area contributed by atoms with Crippen molar-refractivity contribution in [2.45, 2.75) is 31.7 Å². The van der Waals surface area contributed by atoms with E-state index in [0.29, 0.717) is 6.54 Å². The third kappa shape index (κ3) is 4.01. The fourth-order valence-corrected chi connectivity index (χ4v) is 3.09. The molecule has 0 unspecified atom stereocenters. The van der Waals surface area contributed by atoms with Crippen LogP contribution in [-0.2, 0) is 22.6 Å². The minimum atomic E-state index is -0.101. The van der Waals surface area contributed by atoms with Gasteiger partial charge >= 0.3 is 0 Å². The number of hydrogen-bond acceptors (Lipinski definition) is 4. The summed E-state index contributed by atoms with van der Waals surface area (Å²) in [7, 11) is 3.66. The van der Waals surface area contributed by atoms with E-state index in [2.05, 4.69) is 39.5 Å². The maximum absolute atomic E-state index is 12.4. The highest BCUT2D eigenvalue weighted by atomic mass is 16.5. The predicted octanol–water partition coefficient (Wildman–Crippen LogP) is 1.27. The smallest absolute Gasteiger partial charge is 0.237 e. The Balaban J connectivity index is 1.50. The summed E-state index contributed by atoms with van der Waals surface area (Å²) in [6.07, 6.45) is 6.42. The van der Waals surface area contributed by atoms with Crippen molar-refractivity contribution in [3.63, 3.8) is 0 Å². The summed E-state index contributed by atoms with van der Waals surface area (Å²) in [5.74, 6) is 0.0690. The second-order valence-electron chi connectivity index (χ2n) is 6.32. The quantitative estimate of drug-likeness (QED) is 0.867. The number of carbonyl (C=O) groups is 1. The molecule has 6 nitrogen and oxygen atoms in total. The first-order chi connectivity index (χ1) is 11.7. The molecule has 2 atom stereocenters. The predicted molar refractivity (Wildman–Crippen MR) is 91.4 cm³/mol. The van der Waals surface area contributed by atoms with E-state index in [1.807, 2.05) is 17.8 Å². The van der Waals surface area contributed by atoms with Crippen LogP contribution in [0.1, 0.15) is 17.5 Å². The number of likely N-dealkylation sites (tertiary alicyclic amines) is 1. The Bertz CT molecular complexity index is 654. The van der Waals surface area contributed by atoms with Crippen LogP contribution >= 0.6 is 0 Å². The number of carbonyl (C=O) groups excluding carboxylic acids is 1. The highest BCUT2D eigenvalue weighted by Crippen LogP contribution is 2.18. The third-order valence-corrected chi connectivity index (χ3v) is 4.56. The number of hydrogen-bond donors (Lipinski definition) is 1. The van der Waals surface area contributed by atoms with Crippen LogP contribution in [0.4, 0.5) is 0 Å². The van der Waals surface area contributed by atoms with Crippen molar-refractivity contribution < 1.29 is 9.53 Å². The molecule has 1 aliphatic heterocycles. The monoisotopic (exact) mass is 328 g/mol. The molecule has 6 heteroatoms. The zero-order valence-corrected chi connectivity index (χ0v) is 14.2. The van der Waals surface area contributed by atoms with Crippen molar-refractivity contribution in [1.29, 1.82) is 0 Å². The molecule has 2 aromatic rings. The fourth-order valence-electron chi connectivity index (χ4n) is 3.09. The van der Waals surface area contributed by atoms with Gasteiger partial charge in [-0.05, 0) is 24.6 Å². The maximum Gasteiger partial charge on any atom is 0.237 e. The number of rotatable bonds is 6. The van der Waals surface area contributed by atoms with E-state index >= 15 is 0 Å². The van der Waals surface area contributed by atoms with Gasteiger partial charge in [0.15, 0.2) is 0 Å². The lowest BCUT2D eigenvalue weighted by atomic mass is 10.1. The summed E-state index contributed by atoms with van der Waals surface area (Å²) < 4.78 is 7.38. The van der Waals surface area contributed by atoms with Crippen LogP contribution in [0.2, 0.25) is 0 Å². The molecule has 24 heavy (non-hydrogen) atoms. The van der Waals surface area contributed by atoms with Crippen molar-refractivity contribution >= 4 is 5.91 Å². The number of likely N-dealkylation sites (N-methyl/N-ethyl adjacent to an activating group) is 1. The van der Waals surface area contributed by atoms with E-state index in [0.717, 1.165) is 25.1 Å². The number of aromatic nitrogens is 2. The van der Waals surface area contributed by atoms with Gasteiger partial charge in [0.1, 0.15) is 0 Å². The lowest BCUT2D eigenvalue weighted by Gasteiger charge is -2.18. The minimum absolute atomic E-state index is 0.0690. The molecule has 1 amide bonds. The van der Waals surface area contributed by atoms with E-state index < -0.39 is 0 Å². The van der Waals surface area contributed by atoms with E-state index in [9.17, 15) is 4.79 Å². The number of methoxy groups -OCH3 is 1.